The van der Waals surface area contributed by atoms with Crippen LogP contribution in [0.25, 0.3) is 0 Å². The van der Waals surface area contributed by atoms with Gasteiger partial charge in [-0.3, -0.25) is 9.67 Å². The Balaban J connectivity index is 2.70. The van der Waals surface area contributed by atoms with Gasteiger partial charge in [0.05, 0.1) is 18.0 Å². The molecule has 0 saturated heterocycles. The van der Waals surface area contributed by atoms with Crippen LogP contribution in [-0.2, 0) is 23.5 Å². The maximum absolute atomic E-state index is 11.0. The molecule has 0 aliphatic carbocycles. The Bertz CT molecular complexity index is 650. The van der Waals surface area contributed by atoms with Crippen molar-refractivity contribution < 1.29 is 8.42 Å². The first-order valence-electron chi connectivity index (χ1n) is 7.68. The maximum Gasteiger partial charge on any atom is 0.210 e. The van der Waals surface area contributed by atoms with Gasteiger partial charge in [-0.1, -0.05) is 0 Å². The van der Waals surface area contributed by atoms with E-state index in [1.165, 1.54) is 5.56 Å². The normalized spacial score (nSPS) is 13.9. The summed E-state index contributed by atoms with van der Waals surface area (Å²) in [6.45, 7) is 8.88. The molecule has 4 N–H and O–H groups in total. The number of hydrogen-bond acceptors (Lipinski definition) is 4. The SMILES string of the molecule is CCNC(=NCCS(N)(=O)=O)NC(C)Cc1c(C)nn(C)c1C. The number of aromatic nitrogens is 2. The van der Waals surface area contributed by atoms with Gasteiger partial charge < -0.3 is 10.6 Å². The van der Waals surface area contributed by atoms with Crippen LogP contribution in [0.1, 0.15) is 30.8 Å². The Morgan fingerprint density at radius 2 is 2.09 bits per heavy atom. The van der Waals surface area contributed by atoms with Gasteiger partial charge in [0.25, 0.3) is 0 Å². The molecule has 0 fully saturated rings. The van der Waals surface area contributed by atoms with E-state index in [4.69, 9.17) is 5.14 Å². The molecule has 0 amide bonds. The first-order valence-corrected chi connectivity index (χ1v) is 9.40. The van der Waals surface area contributed by atoms with Crippen LogP contribution >= 0.6 is 0 Å². The van der Waals surface area contributed by atoms with Gasteiger partial charge in [-0.25, -0.2) is 13.6 Å². The molecule has 1 heterocycles. The zero-order valence-corrected chi connectivity index (χ0v) is 15.4. The lowest BCUT2D eigenvalue weighted by Crippen LogP contribution is -2.43. The number of nitrogens with zero attached hydrogens (tertiary/aromatic N) is 3. The Morgan fingerprint density at radius 1 is 1.43 bits per heavy atom. The second-order valence-electron chi connectivity index (χ2n) is 5.65. The Morgan fingerprint density at radius 3 is 2.57 bits per heavy atom. The molecule has 0 aromatic carbocycles. The summed E-state index contributed by atoms with van der Waals surface area (Å²) in [6, 6.07) is 0.129. The van der Waals surface area contributed by atoms with Crippen molar-refractivity contribution in [1.29, 1.82) is 0 Å². The molecule has 9 heteroatoms. The van der Waals surface area contributed by atoms with E-state index >= 15 is 0 Å². The van der Waals surface area contributed by atoms with Crippen LogP contribution in [0.15, 0.2) is 4.99 Å². The number of guanidine groups is 1. The summed E-state index contributed by atoms with van der Waals surface area (Å²) in [4.78, 5) is 4.24. The molecular weight excluding hydrogens is 316 g/mol. The lowest BCUT2D eigenvalue weighted by Gasteiger charge is -2.18. The van der Waals surface area contributed by atoms with Gasteiger partial charge in [-0.2, -0.15) is 5.10 Å². The highest BCUT2D eigenvalue weighted by atomic mass is 32.2. The van der Waals surface area contributed by atoms with Crippen LogP contribution in [-0.4, -0.2) is 49.0 Å². The molecule has 1 unspecified atom stereocenters. The minimum Gasteiger partial charge on any atom is -0.357 e. The predicted molar refractivity (Wildman–Crippen MR) is 92.9 cm³/mol. The summed E-state index contributed by atoms with van der Waals surface area (Å²) >= 11 is 0. The van der Waals surface area contributed by atoms with E-state index in [9.17, 15) is 8.42 Å². The third-order valence-corrected chi connectivity index (χ3v) is 4.29. The van der Waals surface area contributed by atoms with Gasteiger partial charge in [0, 0.05) is 25.3 Å². The second kappa shape index (κ2) is 8.30. The molecule has 1 aromatic rings. The largest absolute Gasteiger partial charge is 0.357 e. The molecule has 132 valence electrons. The van der Waals surface area contributed by atoms with Crippen molar-refractivity contribution in [3.05, 3.63) is 17.0 Å². The van der Waals surface area contributed by atoms with Crippen molar-refractivity contribution in [2.75, 3.05) is 18.8 Å². The summed E-state index contributed by atoms with van der Waals surface area (Å²) in [5.41, 5.74) is 3.38. The molecular formula is C14H28N6O2S. The van der Waals surface area contributed by atoms with E-state index in [-0.39, 0.29) is 18.3 Å². The predicted octanol–water partition coefficient (Wildman–Crippen LogP) is -0.188. The standard InChI is InChI=1S/C14H28N6O2S/c1-6-16-14(17-7-8-23(15,21)22)18-10(2)9-13-11(3)19-20(5)12(13)4/h10H,6-9H2,1-5H3,(H2,15,21,22)(H2,16,17,18). The van der Waals surface area contributed by atoms with Gasteiger partial charge in [0.1, 0.15) is 0 Å². The van der Waals surface area contributed by atoms with E-state index in [1.54, 1.807) is 0 Å². The fourth-order valence-electron chi connectivity index (χ4n) is 2.31. The number of aryl methyl sites for hydroxylation is 2. The van der Waals surface area contributed by atoms with E-state index in [1.807, 2.05) is 32.5 Å². The molecule has 0 radical (unpaired) electrons. The topological polar surface area (TPSA) is 114 Å². The fourth-order valence-corrected chi connectivity index (χ4v) is 2.65. The number of rotatable bonds is 7. The van der Waals surface area contributed by atoms with Crippen molar-refractivity contribution >= 4 is 16.0 Å². The summed E-state index contributed by atoms with van der Waals surface area (Å²) in [5.74, 6) is 0.418. The fraction of sp³-hybridized carbons (Fsp3) is 0.714. The molecule has 1 aromatic heterocycles. The van der Waals surface area contributed by atoms with Gasteiger partial charge in [0.2, 0.25) is 10.0 Å². The summed E-state index contributed by atoms with van der Waals surface area (Å²) < 4.78 is 23.8. The zero-order valence-electron chi connectivity index (χ0n) is 14.5. The molecule has 1 atom stereocenters. The van der Waals surface area contributed by atoms with Crippen LogP contribution < -0.4 is 15.8 Å². The van der Waals surface area contributed by atoms with E-state index < -0.39 is 10.0 Å². The second-order valence-corrected chi connectivity index (χ2v) is 7.38. The third kappa shape index (κ3) is 6.57. The van der Waals surface area contributed by atoms with Gasteiger partial charge in [0.15, 0.2) is 5.96 Å². The minimum absolute atomic E-state index is 0.129. The van der Waals surface area contributed by atoms with Crippen LogP contribution in [0, 0.1) is 13.8 Å². The number of sulfonamides is 1. The van der Waals surface area contributed by atoms with E-state index in [0.29, 0.717) is 12.5 Å². The Labute approximate surface area is 138 Å². The molecule has 0 spiro atoms. The maximum atomic E-state index is 11.0. The van der Waals surface area contributed by atoms with Crippen LogP contribution in [0.2, 0.25) is 0 Å². The van der Waals surface area contributed by atoms with E-state index in [0.717, 1.165) is 17.8 Å². The quantitative estimate of drug-likeness (QED) is 0.469. The van der Waals surface area contributed by atoms with Crippen molar-refractivity contribution in [1.82, 2.24) is 20.4 Å². The zero-order chi connectivity index (χ0) is 17.6. The number of hydrogen-bond donors (Lipinski definition) is 3. The average molecular weight is 344 g/mol. The van der Waals surface area contributed by atoms with Gasteiger partial charge >= 0.3 is 0 Å². The highest BCUT2D eigenvalue weighted by Crippen LogP contribution is 2.14. The number of aliphatic imine (C=N–C) groups is 1. The lowest BCUT2D eigenvalue weighted by molar-refractivity contribution is 0.597. The molecule has 1 rings (SSSR count). The molecule has 0 saturated carbocycles. The van der Waals surface area contributed by atoms with Crippen LogP contribution in [0.3, 0.4) is 0 Å². The van der Waals surface area contributed by atoms with Crippen molar-refractivity contribution in [3.63, 3.8) is 0 Å². The molecule has 0 aliphatic heterocycles. The summed E-state index contributed by atoms with van der Waals surface area (Å²) in [6.07, 6.45) is 0.811. The molecule has 23 heavy (non-hydrogen) atoms. The monoisotopic (exact) mass is 344 g/mol. The number of nitrogens with two attached hydrogens (primary N) is 1. The van der Waals surface area contributed by atoms with Crippen molar-refractivity contribution in [3.8, 4) is 0 Å². The first-order chi connectivity index (χ1) is 10.6. The highest BCUT2D eigenvalue weighted by Gasteiger charge is 2.14. The first kappa shape index (κ1) is 19.4. The average Bonchev–Trinajstić information content (AvgIpc) is 2.64. The third-order valence-electron chi connectivity index (χ3n) is 3.54. The minimum atomic E-state index is -3.49. The number of primary sulfonamides is 1. The van der Waals surface area contributed by atoms with Gasteiger partial charge in [-0.05, 0) is 39.7 Å². The Kier molecular flexibility index (Phi) is 7.01. The van der Waals surface area contributed by atoms with Crippen molar-refractivity contribution in [2.45, 2.75) is 40.2 Å². The molecule has 0 aliphatic rings. The molecule has 0 bridgehead atoms. The lowest BCUT2D eigenvalue weighted by atomic mass is 10.1. The van der Waals surface area contributed by atoms with Crippen LogP contribution in [0.5, 0.6) is 0 Å². The number of nitrogens with one attached hydrogen (secondary N) is 2. The van der Waals surface area contributed by atoms with E-state index in [2.05, 4.69) is 27.6 Å². The highest BCUT2D eigenvalue weighted by molar-refractivity contribution is 7.89. The Hall–Kier alpha value is -1.61. The van der Waals surface area contributed by atoms with Gasteiger partial charge in [-0.15, -0.1) is 0 Å². The van der Waals surface area contributed by atoms with Crippen LogP contribution in [0.4, 0.5) is 0 Å². The smallest absolute Gasteiger partial charge is 0.210 e. The molecule has 8 nitrogen and oxygen atoms in total. The summed E-state index contributed by atoms with van der Waals surface area (Å²) in [5, 5.41) is 15.8. The van der Waals surface area contributed by atoms with Crippen molar-refractivity contribution in [2.24, 2.45) is 17.2 Å². The summed E-state index contributed by atoms with van der Waals surface area (Å²) in [7, 11) is -1.56.